The number of H-pyrrole nitrogens is 1. The van der Waals surface area contributed by atoms with Crippen LogP contribution in [0.2, 0.25) is 0 Å². The van der Waals surface area contributed by atoms with Crippen LogP contribution in [0.25, 0.3) is 11.4 Å². The molecular formula is C22H24F3N5. The van der Waals surface area contributed by atoms with Gasteiger partial charge in [0.05, 0.1) is 11.3 Å². The molecule has 0 unspecified atom stereocenters. The van der Waals surface area contributed by atoms with E-state index in [2.05, 4.69) is 31.8 Å². The highest BCUT2D eigenvalue weighted by Crippen LogP contribution is 2.30. The topological polar surface area (TPSA) is 57.7 Å². The number of fused-ring (bicyclic) bond motifs is 1. The van der Waals surface area contributed by atoms with E-state index in [4.69, 9.17) is 0 Å². The minimum absolute atomic E-state index is 0.463. The zero-order chi connectivity index (χ0) is 21.1. The number of unbranched alkanes of at least 4 members (excludes halogenated alkanes) is 1. The van der Waals surface area contributed by atoms with Crippen molar-refractivity contribution in [3.05, 3.63) is 65.0 Å². The molecule has 158 valence electrons. The van der Waals surface area contributed by atoms with E-state index in [0.717, 1.165) is 80.2 Å². The number of nitrogens with one attached hydrogen (secondary N) is 1. The summed E-state index contributed by atoms with van der Waals surface area (Å²) in [5.74, 6) is 1.50. The first-order valence-corrected chi connectivity index (χ1v) is 10.2. The number of aromatic nitrogens is 4. The maximum atomic E-state index is 12.8. The van der Waals surface area contributed by atoms with Gasteiger partial charge in [-0.25, -0.2) is 15.0 Å². The number of aromatic amines is 1. The fraction of sp³-hybridized carbons (Fsp3) is 0.409. The van der Waals surface area contributed by atoms with E-state index in [-0.39, 0.29) is 0 Å². The minimum atomic E-state index is -4.34. The van der Waals surface area contributed by atoms with Crippen molar-refractivity contribution in [3.8, 4) is 11.4 Å². The predicted octanol–water partition coefficient (Wildman–Crippen LogP) is 4.79. The molecule has 0 amide bonds. The second-order valence-electron chi connectivity index (χ2n) is 7.66. The number of nitrogens with zero attached hydrogens (tertiary/aromatic N) is 4. The van der Waals surface area contributed by atoms with Crippen LogP contribution in [0, 0.1) is 0 Å². The molecule has 8 heteroatoms. The summed E-state index contributed by atoms with van der Waals surface area (Å²) in [5, 5.41) is 0. The summed E-state index contributed by atoms with van der Waals surface area (Å²) in [6, 6.07) is 4.99. The highest BCUT2D eigenvalue weighted by Gasteiger charge is 2.30. The Bertz CT molecular complexity index is 995. The predicted molar refractivity (Wildman–Crippen MR) is 107 cm³/mol. The van der Waals surface area contributed by atoms with Gasteiger partial charge in [0.15, 0.2) is 5.82 Å². The Labute approximate surface area is 173 Å². The van der Waals surface area contributed by atoms with Gasteiger partial charge < -0.3 is 4.98 Å². The molecule has 0 bridgehead atoms. The number of rotatable bonds is 6. The normalized spacial score (nSPS) is 14.7. The van der Waals surface area contributed by atoms with Crippen molar-refractivity contribution in [2.75, 3.05) is 6.54 Å². The van der Waals surface area contributed by atoms with Crippen LogP contribution in [0.1, 0.15) is 48.1 Å². The Hall–Kier alpha value is -2.74. The van der Waals surface area contributed by atoms with Gasteiger partial charge in [0.25, 0.3) is 0 Å². The minimum Gasteiger partial charge on any atom is -0.345 e. The molecular weight excluding hydrogens is 391 g/mol. The largest absolute Gasteiger partial charge is 0.416 e. The Kier molecular flexibility index (Phi) is 5.85. The Morgan fingerprint density at radius 3 is 2.63 bits per heavy atom. The maximum absolute atomic E-state index is 12.8. The van der Waals surface area contributed by atoms with Gasteiger partial charge >= 0.3 is 6.18 Å². The van der Waals surface area contributed by atoms with Crippen LogP contribution in [0.5, 0.6) is 0 Å². The molecule has 0 saturated carbocycles. The van der Waals surface area contributed by atoms with Gasteiger partial charge in [-0.05, 0) is 18.6 Å². The van der Waals surface area contributed by atoms with Crippen LogP contribution >= 0.6 is 0 Å². The molecule has 0 spiro atoms. The van der Waals surface area contributed by atoms with Crippen LogP contribution < -0.4 is 0 Å². The summed E-state index contributed by atoms with van der Waals surface area (Å²) in [4.78, 5) is 19.2. The Morgan fingerprint density at radius 2 is 1.90 bits per heavy atom. The first kappa shape index (κ1) is 20.5. The van der Waals surface area contributed by atoms with E-state index in [1.807, 2.05) is 6.20 Å². The van der Waals surface area contributed by atoms with E-state index < -0.39 is 11.7 Å². The summed E-state index contributed by atoms with van der Waals surface area (Å²) < 4.78 is 38.3. The van der Waals surface area contributed by atoms with Crippen LogP contribution in [-0.4, -0.2) is 31.4 Å². The first-order valence-electron chi connectivity index (χ1n) is 10.2. The lowest BCUT2D eigenvalue weighted by atomic mass is 10.1. The summed E-state index contributed by atoms with van der Waals surface area (Å²) in [7, 11) is 0. The van der Waals surface area contributed by atoms with Gasteiger partial charge in [0, 0.05) is 61.7 Å². The Morgan fingerprint density at radius 1 is 1.10 bits per heavy atom. The third-order valence-corrected chi connectivity index (χ3v) is 5.33. The van der Waals surface area contributed by atoms with E-state index in [9.17, 15) is 13.2 Å². The van der Waals surface area contributed by atoms with Gasteiger partial charge in [-0.3, -0.25) is 4.90 Å². The number of hydrogen-bond donors (Lipinski definition) is 1. The number of alkyl halides is 3. The number of aryl methyl sites for hydroxylation is 1. The third kappa shape index (κ3) is 4.70. The zero-order valence-electron chi connectivity index (χ0n) is 16.8. The lowest BCUT2D eigenvalue weighted by molar-refractivity contribution is -0.137. The maximum Gasteiger partial charge on any atom is 0.416 e. The average molecular weight is 415 g/mol. The molecule has 0 atom stereocenters. The van der Waals surface area contributed by atoms with Crippen molar-refractivity contribution in [1.29, 1.82) is 0 Å². The standard InChI is InChI=1S/C22H24F3N5/c1-2-3-4-20-26-12-18(28-20)14-30-10-9-19-16(13-30)11-27-21(29-19)15-5-7-17(8-6-15)22(23,24)25/h5-8,11-12H,2-4,9-10,13-14H2,1H3,(H,26,28). The molecule has 0 fully saturated rings. The van der Waals surface area contributed by atoms with Crippen molar-refractivity contribution in [2.24, 2.45) is 0 Å². The van der Waals surface area contributed by atoms with Gasteiger partial charge in [-0.15, -0.1) is 0 Å². The van der Waals surface area contributed by atoms with Crippen molar-refractivity contribution < 1.29 is 13.2 Å². The number of imidazole rings is 1. The highest BCUT2D eigenvalue weighted by molar-refractivity contribution is 5.56. The van der Waals surface area contributed by atoms with Crippen LogP contribution in [0.15, 0.2) is 36.7 Å². The summed E-state index contributed by atoms with van der Waals surface area (Å²) in [6.45, 7) is 4.56. The summed E-state index contributed by atoms with van der Waals surface area (Å²) >= 11 is 0. The van der Waals surface area contributed by atoms with E-state index in [0.29, 0.717) is 11.4 Å². The molecule has 1 aliphatic rings. The van der Waals surface area contributed by atoms with Crippen molar-refractivity contribution in [3.63, 3.8) is 0 Å². The molecule has 1 aromatic carbocycles. The fourth-order valence-electron chi connectivity index (χ4n) is 3.66. The zero-order valence-corrected chi connectivity index (χ0v) is 16.8. The van der Waals surface area contributed by atoms with Crippen molar-refractivity contribution in [2.45, 2.75) is 51.9 Å². The van der Waals surface area contributed by atoms with Gasteiger partial charge in [-0.1, -0.05) is 25.5 Å². The number of halogens is 3. The van der Waals surface area contributed by atoms with E-state index >= 15 is 0 Å². The smallest absolute Gasteiger partial charge is 0.345 e. The molecule has 30 heavy (non-hydrogen) atoms. The molecule has 2 aromatic heterocycles. The lowest BCUT2D eigenvalue weighted by Gasteiger charge is -2.27. The molecule has 1 N–H and O–H groups in total. The van der Waals surface area contributed by atoms with Crippen molar-refractivity contribution >= 4 is 0 Å². The SMILES string of the molecule is CCCCc1ncc(CN2CCc3nc(-c4ccc(C(F)(F)F)cc4)ncc3C2)[nH]1. The van der Waals surface area contributed by atoms with Crippen LogP contribution in [0.4, 0.5) is 13.2 Å². The summed E-state index contributed by atoms with van der Waals surface area (Å²) in [6.07, 6.45) is 3.38. The quantitative estimate of drug-likeness (QED) is 0.629. The second-order valence-corrected chi connectivity index (χ2v) is 7.66. The molecule has 3 aromatic rings. The first-order chi connectivity index (χ1) is 14.4. The molecule has 0 saturated heterocycles. The molecule has 4 rings (SSSR count). The second kappa shape index (κ2) is 8.55. The number of benzene rings is 1. The molecule has 5 nitrogen and oxygen atoms in total. The highest BCUT2D eigenvalue weighted by atomic mass is 19.4. The van der Waals surface area contributed by atoms with Gasteiger partial charge in [0.2, 0.25) is 0 Å². The fourth-order valence-corrected chi connectivity index (χ4v) is 3.66. The van der Waals surface area contributed by atoms with Crippen LogP contribution in [0.3, 0.4) is 0 Å². The van der Waals surface area contributed by atoms with E-state index in [1.165, 1.54) is 12.1 Å². The van der Waals surface area contributed by atoms with Gasteiger partial charge in [-0.2, -0.15) is 13.2 Å². The molecule has 1 aliphatic heterocycles. The molecule has 0 aliphatic carbocycles. The average Bonchev–Trinajstić information content (AvgIpc) is 3.18. The van der Waals surface area contributed by atoms with Gasteiger partial charge in [0.1, 0.15) is 5.82 Å². The third-order valence-electron chi connectivity index (χ3n) is 5.33. The van der Waals surface area contributed by atoms with E-state index in [1.54, 1.807) is 6.20 Å². The number of hydrogen-bond acceptors (Lipinski definition) is 4. The van der Waals surface area contributed by atoms with Crippen LogP contribution in [-0.2, 0) is 32.1 Å². The summed E-state index contributed by atoms with van der Waals surface area (Å²) in [5.41, 5.74) is 3.04. The Balaban J connectivity index is 1.42. The lowest BCUT2D eigenvalue weighted by Crippen LogP contribution is -2.31. The molecule has 0 radical (unpaired) electrons. The molecule has 3 heterocycles. The van der Waals surface area contributed by atoms with Crippen molar-refractivity contribution in [1.82, 2.24) is 24.8 Å². The monoisotopic (exact) mass is 415 g/mol.